The first-order valence-corrected chi connectivity index (χ1v) is 11.7. The van der Waals surface area contributed by atoms with E-state index in [2.05, 4.69) is 52.3 Å². The molecule has 2 aromatic rings. The highest BCUT2D eigenvalue weighted by Crippen LogP contribution is 2.27. The Morgan fingerprint density at radius 3 is 2.67 bits per heavy atom. The van der Waals surface area contributed by atoms with Crippen LogP contribution in [0.5, 0.6) is 0 Å². The minimum absolute atomic E-state index is 0.166. The summed E-state index contributed by atoms with van der Waals surface area (Å²) >= 11 is 1.91. The molecule has 0 unspecified atom stereocenters. The molecule has 158 valence electrons. The minimum Gasteiger partial charge on any atom is -0.378 e. The molecule has 4 rings (SSSR count). The number of nitrogens with zero attached hydrogens (tertiary/aromatic N) is 2. The van der Waals surface area contributed by atoms with Crippen molar-refractivity contribution in [2.24, 2.45) is 0 Å². The summed E-state index contributed by atoms with van der Waals surface area (Å²) in [5, 5.41) is 1.33. The lowest BCUT2D eigenvalue weighted by atomic mass is 10.1. The van der Waals surface area contributed by atoms with Gasteiger partial charge in [0.25, 0.3) is 0 Å². The summed E-state index contributed by atoms with van der Waals surface area (Å²) in [5.74, 6) is 0.891. The predicted octanol–water partition coefficient (Wildman–Crippen LogP) is 5.24. The van der Waals surface area contributed by atoms with Gasteiger partial charge in [0.1, 0.15) is 5.82 Å². The molecule has 2 aliphatic rings. The molecule has 30 heavy (non-hydrogen) atoms. The fourth-order valence-corrected chi connectivity index (χ4v) is 4.81. The second-order valence-corrected chi connectivity index (χ2v) is 8.78. The second kappa shape index (κ2) is 10.7. The summed E-state index contributed by atoms with van der Waals surface area (Å²) in [5.41, 5.74) is 3.83. The van der Waals surface area contributed by atoms with E-state index in [0.29, 0.717) is 0 Å². The van der Waals surface area contributed by atoms with Gasteiger partial charge in [-0.15, -0.1) is 11.8 Å². The molecular formula is C25H29FN2OS. The number of anilines is 1. The number of allylic oxidation sites excluding steroid dienone is 2. The van der Waals surface area contributed by atoms with Gasteiger partial charge < -0.3 is 14.5 Å². The molecule has 0 radical (unpaired) electrons. The van der Waals surface area contributed by atoms with Gasteiger partial charge in [0, 0.05) is 31.9 Å². The summed E-state index contributed by atoms with van der Waals surface area (Å²) in [6, 6.07) is 15.8. The molecule has 2 aliphatic heterocycles. The van der Waals surface area contributed by atoms with Crippen LogP contribution in [0.15, 0.2) is 71.8 Å². The van der Waals surface area contributed by atoms with Crippen LogP contribution in [-0.4, -0.2) is 43.5 Å². The first-order valence-electron chi connectivity index (χ1n) is 10.7. The fraction of sp³-hybridized carbons (Fsp3) is 0.360. The van der Waals surface area contributed by atoms with E-state index in [-0.39, 0.29) is 5.82 Å². The lowest BCUT2D eigenvalue weighted by Gasteiger charge is -2.30. The minimum atomic E-state index is -0.166. The molecule has 2 heterocycles. The van der Waals surface area contributed by atoms with E-state index < -0.39 is 0 Å². The molecule has 1 saturated heterocycles. The average Bonchev–Trinajstić information content (AvgIpc) is 2.80. The van der Waals surface area contributed by atoms with Crippen LogP contribution in [0.2, 0.25) is 0 Å². The van der Waals surface area contributed by atoms with Gasteiger partial charge in [-0.3, -0.25) is 0 Å². The van der Waals surface area contributed by atoms with Crippen molar-refractivity contribution in [1.29, 1.82) is 0 Å². The molecule has 0 amide bonds. The van der Waals surface area contributed by atoms with E-state index in [1.54, 1.807) is 12.1 Å². The van der Waals surface area contributed by atoms with E-state index in [4.69, 9.17) is 4.74 Å². The third-order valence-electron chi connectivity index (χ3n) is 5.45. The van der Waals surface area contributed by atoms with E-state index >= 15 is 0 Å². The standard InChI is InChI=1S/C25H29FN2OS/c26-23-11-9-21(10-12-23)6-4-18-30-25-8-1-2-13-28(25)20-22-5-3-7-24(19-22)27-14-16-29-17-15-27/h1-3,5,7-12,19H,4,6,13-18,20H2. The fourth-order valence-electron chi connectivity index (χ4n) is 3.81. The van der Waals surface area contributed by atoms with E-state index in [1.165, 1.54) is 21.8 Å². The zero-order valence-electron chi connectivity index (χ0n) is 17.3. The summed E-state index contributed by atoms with van der Waals surface area (Å²) in [4.78, 5) is 4.85. The van der Waals surface area contributed by atoms with Crippen molar-refractivity contribution < 1.29 is 9.13 Å². The monoisotopic (exact) mass is 424 g/mol. The van der Waals surface area contributed by atoms with Crippen LogP contribution >= 0.6 is 11.8 Å². The SMILES string of the molecule is Fc1ccc(CCCSC2=CC=CCN2Cc2cccc(N3CCOCC3)c2)cc1. The Morgan fingerprint density at radius 1 is 1.00 bits per heavy atom. The maximum atomic E-state index is 13.0. The number of hydrogen-bond acceptors (Lipinski definition) is 4. The number of halogens is 1. The van der Waals surface area contributed by atoms with Crippen LogP contribution in [0.3, 0.4) is 0 Å². The van der Waals surface area contributed by atoms with Crippen LogP contribution in [0.25, 0.3) is 0 Å². The lowest BCUT2D eigenvalue weighted by molar-refractivity contribution is 0.122. The molecule has 0 atom stereocenters. The number of morpholine rings is 1. The smallest absolute Gasteiger partial charge is 0.123 e. The van der Waals surface area contributed by atoms with Crippen LogP contribution in [0.4, 0.5) is 10.1 Å². The molecule has 0 bridgehead atoms. The van der Waals surface area contributed by atoms with Gasteiger partial charge in [-0.1, -0.05) is 36.4 Å². The highest BCUT2D eigenvalue weighted by molar-refractivity contribution is 8.03. The third-order valence-corrected chi connectivity index (χ3v) is 6.63. The number of aryl methyl sites for hydroxylation is 1. The van der Waals surface area contributed by atoms with E-state index in [1.807, 2.05) is 23.9 Å². The molecule has 0 N–H and O–H groups in total. The van der Waals surface area contributed by atoms with Crippen LogP contribution in [-0.2, 0) is 17.7 Å². The first-order chi connectivity index (χ1) is 14.8. The quantitative estimate of drug-likeness (QED) is 0.538. The average molecular weight is 425 g/mol. The first kappa shape index (κ1) is 21.0. The molecule has 0 saturated carbocycles. The van der Waals surface area contributed by atoms with Crippen molar-refractivity contribution in [3.63, 3.8) is 0 Å². The number of ether oxygens (including phenoxy) is 1. The van der Waals surface area contributed by atoms with Crippen LogP contribution in [0.1, 0.15) is 17.5 Å². The van der Waals surface area contributed by atoms with Gasteiger partial charge in [0.15, 0.2) is 0 Å². The number of rotatable bonds is 8. The predicted molar refractivity (Wildman–Crippen MR) is 124 cm³/mol. The molecule has 1 fully saturated rings. The second-order valence-electron chi connectivity index (χ2n) is 7.66. The molecule has 2 aromatic carbocycles. The highest BCUT2D eigenvalue weighted by atomic mass is 32.2. The molecule has 5 heteroatoms. The molecule has 0 aromatic heterocycles. The maximum absolute atomic E-state index is 13.0. The topological polar surface area (TPSA) is 15.7 Å². The van der Waals surface area contributed by atoms with E-state index in [9.17, 15) is 4.39 Å². The Labute approximate surface area is 183 Å². The van der Waals surface area contributed by atoms with Gasteiger partial charge >= 0.3 is 0 Å². The zero-order valence-corrected chi connectivity index (χ0v) is 18.1. The summed E-state index contributed by atoms with van der Waals surface area (Å²) in [6.07, 6.45) is 8.66. The van der Waals surface area contributed by atoms with Gasteiger partial charge in [-0.05, 0) is 60.1 Å². The van der Waals surface area contributed by atoms with Crippen LogP contribution in [0, 0.1) is 5.82 Å². The summed E-state index contributed by atoms with van der Waals surface area (Å²) < 4.78 is 18.5. The Bertz CT molecular complexity index is 875. The Morgan fingerprint density at radius 2 is 1.83 bits per heavy atom. The third kappa shape index (κ3) is 5.89. The van der Waals surface area contributed by atoms with Crippen LogP contribution < -0.4 is 4.90 Å². The van der Waals surface area contributed by atoms with Crippen molar-refractivity contribution in [3.05, 3.63) is 88.7 Å². The zero-order chi connectivity index (χ0) is 20.6. The number of hydrogen-bond donors (Lipinski definition) is 0. The van der Waals surface area contributed by atoms with Gasteiger partial charge in [0.2, 0.25) is 0 Å². The lowest BCUT2D eigenvalue weighted by Crippen LogP contribution is -2.36. The molecular weight excluding hydrogens is 395 g/mol. The Balaban J connectivity index is 1.30. The van der Waals surface area contributed by atoms with Crippen molar-refractivity contribution >= 4 is 17.4 Å². The maximum Gasteiger partial charge on any atom is 0.123 e. The molecule has 0 spiro atoms. The van der Waals surface area contributed by atoms with Crippen molar-refractivity contribution in [2.45, 2.75) is 19.4 Å². The van der Waals surface area contributed by atoms with Crippen molar-refractivity contribution in [2.75, 3.05) is 43.5 Å². The molecule has 3 nitrogen and oxygen atoms in total. The summed E-state index contributed by atoms with van der Waals surface area (Å²) in [6.45, 7) is 5.40. The van der Waals surface area contributed by atoms with Crippen molar-refractivity contribution in [1.82, 2.24) is 4.90 Å². The number of benzene rings is 2. The van der Waals surface area contributed by atoms with Crippen molar-refractivity contribution in [3.8, 4) is 0 Å². The largest absolute Gasteiger partial charge is 0.378 e. The van der Waals surface area contributed by atoms with Gasteiger partial charge in [0.05, 0.1) is 18.2 Å². The van der Waals surface area contributed by atoms with E-state index in [0.717, 1.165) is 58.0 Å². The van der Waals surface area contributed by atoms with Gasteiger partial charge in [-0.25, -0.2) is 4.39 Å². The Hall–Kier alpha value is -2.24. The molecule has 0 aliphatic carbocycles. The normalized spacial score (nSPS) is 16.6. The Kier molecular flexibility index (Phi) is 7.49. The number of thioether (sulfide) groups is 1. The summed E-state index contributed by atoms with van der Waals surface area (Å²) in [7, 11) is 0. The van der Waals surface area contributed by atoms with Gasteiger partial charge in [-0.2, -0.15) is 0 Å². The highest BCUT2D eigenvalue weighted by Gasteiger charge is 2.15.